The Kier molecular flexibility index (Phi) is 8.92. The van der Waals surface area contributed by atoms with Gasteiger partial charge in [-0.25, -0.2) is 5.43 Å². The Morgan fingerprint density at radius 3 is 2.60 bits per heavy atom. The van der Waals surface area contributed by atoms with E-state index in [2.05, 4.69) is 22.4 Å². The molecule has 0 aromatic heterocycles. The molecule has 0 aliphatic rings. The summed E-state index contributed by atoms with van der Waals surface area (Å²) in [5.74, 6) is 0.867. The summed E-state index contributed by atoms with van der Waals surface area (Å²) in [6.45, 7) is 5.45. The molecule has 2 aromatic rings. The second kappa shape index (κ2) is 11.9. The highest BCUT2D eigenvalue weighted by molar-refractivity contribution is 5.87. The summed E-state index contributed by atoms with van der Waals surface area (Å²) in [4.78, 5) is 23.6. The maximum absolute atomic E-state index is 11.8. The number of carbonyl (C=O) groups excluding carboxylic acids is 2. The molecule has 0 atom stereocenters. The molecule has 30 heavy (non-hydrogen) atoms. The third-order valence-corrected chi connectivity index (χ3v) is 3.85. The minimum atomic E-state index is -0.464. The third-order valence-electron chi connectivity index (χ3n) is 3.85. The number of para-hydroxylation sites is 1. The number of nitrogens with one attached hydrogen (secondary N) is 2. The SMILES string of the molecule is C=CCOc1ccc(C=NNC(=O)CNC(=O)COc2ccccc2C)cc1OC. The number of aryl methyl sites for hydroxylation is 1. The lowest BCUT2D eigenvalue weighted by Crippen LogP contribution is -2.37. The Bertz CT molecular complexity index is 911. The normalized spacial score (nSPS) is 10.3. The van der Waals surface area contributed by atoms with Gasteiger partial charge in [-0.1, -0.05) is 30.9 Å². The maximum Gasteiger partial charge on any atom is 0.259 e. The van der Waals surface area contributed by atoms with Crippen LogP contribution in [0.1, 0.15) is 11.1 Å². The quantitative estimate of drug-likeness (QED) is 0.336. The number of methoxy groups -OCH3 is 1. The molecule has 0 heterocycles. The molecule has 2 amide bonds. The van der Waals surface area contributed by atoms with E-state index in [4.69, 9.17) is 14.2 Å². The van der Waals surface area contributed by atoms with Crippen molar-refractivity contribution in [3.8, 4) is 17.2 Å². The van der Waals surface area contributed by atoms with E-state index in [0.717, 1.165) is 5.56 Å². The van der Waals surface area contributed by atoms with Crippen LogP contribution in [0, 0.1) is 6.92 Å². The number of hydrogen-bond acceptors (Lipinski definition) is 6. The number of hydrogen-bond donors (Lipinski definition) is 2. The number of nitrogens with zero attached hydrogens (tertiary/aromatic N) is 1. The topological polar surface area (TPSA) is 98.2 Å². The molecule has 0 saturated carbocycles. The molecule has 158 valence electrons. The standard InChI is InChI=1S/C22H25N3O5/c1-4-11-29-19-10-9-17(12-20(19)28-3)13-24-25-21(26)14-23-22(27)15-30-18-8-6-5-7-16(18)2/h4-10,12-13H,1,11,14-15H2,2-3H3,(H,23,27)(H,25,26). The molecular weight excluding hydrogens is 386 g/mol. The number of amides is 2. The predicted octanol–water partition coefficient (Wildman–Crippen LogP) is 2.21. The third kappa shape index (κ3) is 7.31. The average Bonchev–Trinajstić information content (AvgIpc) is 2.76. The van der Waals surface area contributed by atoms with Gasteiger partial charge in [0.2, 0.25) is 0 Å². The molecule has 2 rings (SSSR count). The van der Waals surface area contributed by atoms with Crippen molar-refractivity contribution in [3.63, 3.8) is 0 Å². The van der Waals surface area contributed by atoms with Crippen LogP contribution in [0.3, 0.4) is 0 Å². The Morgan fingerprint density at radius 1 is 1.07 bits per heavy atom. The summed E-state index contributed by atoms with van der Waals surface area (Å²) < 4.78 is 16.2. The van der Waals surface area contributed by atoms with E-state index in [0.29, 0.717) is 29.4 Å². The van der Waals surface area contributed by atoms with Gasteiger partial charge in [-0.15, -0.1) is 0 Å². The van der Waals surface area contributed by atoms with Gasteiger partial charge in [-0.05, 0) is 42.3 Å². The van der Waals surface area contributed by atoms with Crippen molar-refractivity contribution in [2.45, 2.75) is 6.92 Å². The van der Waals surface area contributed by atoms with Crippen LogP contribution < -0.4 is 25.0 Å². The summed E-state index contributed by atoms with van der Waals surface area (Å²) in [6.07, 6.45) is 3.10. The molecule has 8 nitrogen and oxygen atoms in total. The van der Waals surface area contributed by atoms with Crippen molar-refractivity contribution in [1.29, 1.82) is 0 Å². The Morgan fingerprint density at radius 2 is 1.87 bits per heavy atom. The number of benzene rings is 2. The molecule has 0 unspecified atom stereocenters. The van der Waals surface area contributed by atoms with Gasteiger partial charge in [0.15, 0.2) is 18.1 Å². The first-order valence-electron chi connectivity index (χ1n) is 9.22. The minimum Gasteiger partial charge on any atom is -0.493 e. The van der Waals surface area contributed by atoms with E-state index in [1.165, 1.54) is 13.3 Å². The molecule has 0 fully saturated rings. The first kappa shape index (κ1) is 22.5. The minimum absolute atomic E-state index is 0.179. The Balaban J connectivity index is 1.75. The average molecular weight is 411 g/mol. The van der Waals surface area contributed by atoms with Crippen molar-refractivity contribution in [2.75, 3.05) is 26.9 Å². The van der Waals surface area contributed by atoms with E-state index in [1.54, 1.807) is 30.3 Å². The van der Waals surface area contributed by atoms with Crippen molar-refractivity contribution >= 4 is 18.0 Å². The zero-order valence-corrected chi connectivity index (χ0v) is 17.0. The first-order chi connectivity index (χ1) is 14.5. The molecule has 2 N–H and O–H groups in total. The zero-order chi connectivity index (χ0) is 21.8. The molecular formula is C22H25N3O5. The zero-order valence-electron chi connectivity index (χ0n) is 17.0. The molecule has 8 heteroatoms. The van der Waals surface area contributed by atoms with Crippen LogP contribution >= 0.6 is 0 Å². The second-order valence-electron chi connectivity index (χ2n) is 6.13. The van der Waals surface area contributed by atoms with Gasteiger partial charge in [0.05, 0.1) is 19.9 Å². The molecule has 2 aromatic carbocycles. The molecule has 0 saturated heterocycles. The van der Waals surface area contributed by atoms with Gasteiger partial charge < -0.3 is 19.5 Å². The van der Waals surface area contributed by atoms with Gasteiger partial charge >= 0.3 is 0 Å². The van der Waals surface area contributed by atoms with Crippen LogP contribution in [0.2, 0.25) is 0 Å². The lowest BCUT2D eigenvalue weighted by Gasteiger charge is -2.09. The number of ether oxygens (including phenoxy) is 3. The van der Waals surface area contributed by atoms with E-state index in [-0.39, 0.29) is 13.2 Å². The van der Waals surface area contributed by atoms with Crippen LogP contribution in [-0.2, 0) is 9.59 Å². The molecule has 0 spiro atoms. The van der Waals surface area contributed by atoms with Gasteiger partial charge in [0.1, 0.15) is 12.4 Å². The van der Waals surface area contributed by atoms with Gasteiger partial charge in [0, 0.05) is 0 Å². The Labute approximate surface area is 175 Å². The van der Waals surface area contributed by atoms with Gasteiger partial charge in [0.25, 0.3) is 11.8 Å². The fraction of sp³-hybridized carbons (Fsp3) is 0.227. The van der Waals surface area contributed by atoms with Gasteiger partial charge in [-0.3, -0.25) is 9.59 Å². The first-order valence-corrected chi connectivity index (χ1v) is 9.22. The van der Waals surface area contributed by atoms with E-state index in [9.17, 15) is 9.59 Å². The van der Waals surface area contributed by atoms with E-state index >= 15 is 0 Å². The summed E-state index contributed by atoms with van der Waals surface area (Å²) >= 11 is 0. The van der Waals surface area contributed by atoms with Crippen LogP contribution in [0.5, 0.6) is 17.2 Å². The number of hydrazone groups is 1. The number of carbonyl (C=O) groups is 2. The van der Waals surface area contributed by atoms with Crippen LogP contribution in [-0.4, -0.2) is 44.9 Å². The maximum atomic E-state index is 11.8. The number of rotatable bonds is 11. The monoisotopic (exact) mass is 411 g/mol. The summed E-state index contributed by atoms with van der Waals surface area (Å²) in [5, 5.41) is 6.34. The molecule has 0 aliphatic heterocycles. The van der Waals surface area contributed by atoms with Crippen molar-refractivity contribution in [3.05, 3.63) is 66.2 Å². The lowest BCUT2D eigenvalue weighted by molar-refractivity contribution is -0.127. The van der Waals surface area contributed by atoms with Gasteiger partial charge in [-0.2, -0.15) is 5.10 Å². The van der Waals surface area contributed by atoms with E-state index in [1.807, 2.05) is 25.1 Å². The molecule has 0 radical (unpaired) electrons. The van der Waals surface area contributed by atoms with Crippen molar-refractivity contribution in [1.82, 2.24) is 10.7 Å². The highest BCUT2D eigenvalue weighted by atomic mass is 16.5. The summed E-state index contributed by atoms with van der Waals surface area (Å²) in [5.41, 5.74) is 3.97. The summed E-state index contributed by atoms with van der Waals surface area (Å²) in [7, 11) is 1.53. The lowest BCUT2D eigenvalue weighted by atomic mass is 10.2. The molecule has 0 aliphatic carbocycles. The van der Waals surface area contributed by atoms with Crippen molar-refractivity contribution < 1.29 is 23.8 Å². The highest BCUT2D eigenvalue weighted by Crippen LogP contribution is 2.27. The smallest absolute Gasteiger partial charge is 0.259 e. The largest absolute Gasteiger partial charge is 0.493 e. The fourth-order valence-corrected chi connectivity index (χ4v) is 2.34. The molecule has 0 bridgehead atoms. The fourth-order valence-electron chi connectivity index (χ4n) is 2.34. The highest BCUT2D eigenvalue weighted by Gasteiger charge is 2.07. The van der Waals surface area contributed by atoms with Crippen LogP contribution in [0.25, 0.3) is 0 Å². The second-order valence-corrected chi connectivity index (χ2v) is 6.13. The predicted molar refractivity (Wildman–Crippen MR) is 114 cm³/mol. The van der Waals surface area contributed by atoms with Crippen LogP contribution in [0.15, 0.2) is 60.2 Å². The van der Waals surface area contributed by atoms with Crippen molar-refractivity contribution in [2.24, 2.45) is 5.10 Å². The van der Waals surface area contributed by atoms with Crippen LogP contribution in [0.4, 0.5) is 0 Å². The van der Waals surface area contributed by atoms with E-state index < -0.39 is 11.8 Å². The Hall–Kier alpha value is -3.81. The summed E-state index contributed by atoms with van der Waals surface area (Å²) in [6, 6.07) is 12.6.